The zero-order valence-corrected chi connectivity index (χ0v) is 13.3. The Hall–Kier alpha value is -0.960. The summed E-state index contributed by atoms with van der Waals surface area (Å²) >= 11 is 7.89. The van der Waals surface area contributed by atoms with Gasteiger partial charge in [0.25, 0.3) is 0 Å². The molecule has 0 aromatic heterocycles. The smallest absolute Gasteiger partial charge is 0.0674 e. The second kappa shape index (κ2) is 7.16. The number of thioether (sulfide) groups is 1. The van der Waals surface area contributed by atoms with E-state index in [4.69, 9.17) is 11.6 Å². The Balaban J connectivity index is 1.92. The van der Waals surface area contributed by atoms with Crippen LogP contribution in [0.25, 0.3) is 0 Å². The largest absolute Gasteiger partial charge is 0.392 e. The van der Waals surface area contributed by atoms with Crippen molar-refractivity contribution in [2.24, 2.45) is 0 Å². The lowest BCUT2D eigenvalue weighted by Gasteiger charge is -2.13. The summed E-state index contributed by atoms with van der Waals surface area (Å²) < 4.78 is 0. The quantitative estimate of drug-likeness (QED) is 0.811. The molecule has 0 heterocycles. The third-order valence-corrected chi connectivity index (χ3v) is 4.86. The molecule has 1 atom stereocenters. The van der Waals surface area contributed by atoms with Gasteiger partial charge >= 0.3 is 0 Å². The van der Waals surface area contributed by atoms with Gasteiger partial charge in [0.2, 0.25) is 0 Å². The number of aliphatic hydroxyl groups excluding tert-OH is 1. The first-order valence-electron chi connectivity index (χ1n) is 6.68. The SMILES string of the molecule is Cc1ccc(CC(O)CSc2ccccc2C)c(Cl)c1. The van der Waals surface area contributed by atoms with Crippen molar-refractivity contribution in [3.63, 3.8) is 0 Å². The lowest BCUT2D eigenvalue weighted by molar-refractivity contribution is 0.200. The van der Waals surface area contributed by atoms with Crippen LogP contribution in [0, 0.1) is 13.8 Å². The average molecular weight is 307 g/mol. The van der Waals surface area contributed by atoms with E-state index in [0.717, 1.165) is 16.1 Å². The standard InChI is InChI=1S/C17H19ClOS/c1-12-7-8-14(16(18)9-12)10-15(19)11-20-17-6-4-3-5-13(17)2/h3-9,15,19H,10-11H2,1-2H3. The normalized spacial score (nSPS) is 12.4. The summed E-state index contributed by atoms with van der Waals surface area (Å²) in [7, 11) is 0. The molecule has 0 aliphatic carbocycles. The summed E-state index contributed by atoms with van der Waals surface area (Å²) in [6.45, 7) is 4.10. The van der Waals surface area contributed by atoms with Crippen LogP contribution in [0.15, 0.2) is 47.4 Å². The number of aliphatic hydroxyl groups is 1. The van der Waals surface area contributed by atoms with Crippen molar-refractivity contribution in [3.05, 3.63) is 64.2 Å². The zero-order chi connectivity index (χ0) is 14.5. The van der Waals surface area contributed by atoms with Gasteiger partial charge in [-0.25, -0.2) is 0 Å². The highest BCUT2D eigenvalue weighted by molar-refractivity contribution is 7.99. The molecular formula is C17H19ClOS. The van der Waals surface area contributed by atoms with E-state index < -0.39 is 0 Å². The van der Waals surface area contributed by atoms with Gasteiger partial charge in [-0.1, -0.05) is 41.9 Å². The van der Waals surface area contributed by atoms with E-state index in [0.29, 0.717) is 12.2 Å². The Labute approximate surface area is 130 Å². The number of hydrogen-bond acceptors (Lipinski definition) is 2. The number of rotatable bonds is 5. The summed E-state index contributed by atoms with van der Waals surface area (Å²) in [6.07, 6.45) is 0.206. The van der Waals surface area contributed by atoms with Crippen LogP contribution in [0.2, 0.25) is 5.02 Å². The van der Waals surface area contributed by atoms with Crippen LogP contribution in [-0.2, 0) is 6.42 Å². The molecule has 0 saturated heterocycles. The molecule has 20 heavy (non-hydrogen) atoms. The second-order valence-corrected chi connectivity index (χ2v) is 6.50. The van der Waals surface area contributed by atoms with Gasteiger partial charge in [-0.2, -0.15) is 0 Å². The van der Waals surface area contributed by atoms with Gasteiger partial charge in [-0.15, -0.1) is 11.8 Å². The van der Waals surface area contributed by atoms with Gasteiger partial charge in [0.1, 0.15) is 0 Å². The molecule has 0 radical (unpaired) electrons. The van der Waals surface area contributed by atoms with Crippen molar-refractivity contribution >= 4 is 23.4 Å². The van der Waals surface area contributed by atoms with Crippen molar-refractivity contribution < 1.29 is 5.11 Å². The molecule has 0 amide bonds. The minimum absolute atomic E-state index is 0.389. The van der Waals surface area contributed by atoms with Crippen LogP contribution in [0.3, 0.4) is 0 Å². The van der Waals surface area contributed by atoms with E-state index in [9.17, 15) is 5.11 Å². The van der Waals surface area contributed by atoms with Gasteiger partial charge in [0, 0.05) is 22.1 Å². The Morgan fingerprint density at radius 1 is 1.15 bits per heavy atom. The van der Waals surface area contributed by atoms with Gasteiger partial charge in [-0.3, -0.25) is 0 Å². The van der Waals surface area contributed by atoms with Crippen LogP contribution in [0.5, 0.6) is 0 Å². The van der Waals surface area contributed by atoms with E-state index in [2.05, 4.69) is 19.1 Å². The highest BCUT2D eigenvalue weighted by Gasteiger charge is 2.10. The van der Waals surface area contributed by atoms with Gasteiger partial charge in [-0.05, 0) is 42.7 Å². The molecule has 2 aromatic carbocycles. The highest BCUT2D eigenvalue weighted by Crippen LogP contribution is 2.25. The Morgan fingerprint density at radius 2 is 1.90 bits per heavy atom. The average Bonchev–Trinajstić information content (AvgIpc) is 2.41. The third kappa shape index (κ3) is 4.27. The number of hydrogen-bond donors (Lipinski definition) is 1. The fourth-order valence-electron chi connectivity index (χ4n) is 2.04. The molecule has 106 valence electrons. The van der Waals surface area contributed by atoms with Crippen LogP contribution in [-0.4, -0.2) is 17.0 Å². The predicted octanol–water partition coefficient (Wildman–Crippen LogP) is 4.65. The Morgan fingerprint density at radius 3 is 2.60 bits per heavy atom. The van der Waals surface area contributed by atoms with E-state index >= 15 is 0 Å². The summed E-state index contributed by atoms with van der Waals surface area (Å²) in [6, 6.07) is 14.2. The molecule has 3 heteroatoms. The molecule has 0 fully saturated rings. The van der Waals surface area contributed by atoms with Gasteiger partial charge in [0.05, 0.1) is 6.10 Å². The van der Waals surface area contributed by atoms with Gasteiger partial charge in [0.15, 0.2) is 0 Å². The number of benzene rings is 2. The molecule has 0 spiro atoms. The third-order valence-electron chi connectivity index (χ3n) is 3.19. The molecule has 0 bridgehead atoms. The molecule has 0 aliphatic heterocycles. The lowest BCUT2D eigenvalue weighted by atomic mass is 10.1. The Bertz CT molecular complexity index is 583. The maximum atomic E-state index is 10.2. The van der Waals surface area contributed by atoms with Crippen molar-refractivity contribution in [2.45, 2.75) is 31.3 Å². The van der Waals surface area contributed by atoms with Crippen LogP contribution in [0.4, 0.5) is 0 Å². The van der Waals surface area contributed by atoms with E-state index in [1.807, 2.05) is 37.3 Å². The molecule has 0 saturated carbocycles. The zero-order valence-electron chi connectivity index (χ0n) is 11.8. The first kappa shape index (κ1) is 15.4. The number of aryl methyl sites for hydroxylation is 2. The molecule has 2 rings (SSSR count). The van der Waals surface area contributed by atoms with Crippen molar-refractivity contribution in [2.75, 3.05) is 5.75 Å². The maximum Gasteiger partial charge on any atom is 0.0674 e. The molecular weight excluding hydrogens is 288 g/mol. The maximum absolute atomic E-state index is 10.2. The predicted molar refractivity (Wildman–Crippen MR) is 87.8 cm³/mol. The van der Waals surface area contributed by atoms with Gasteiger partial charge < -0.3 is 5.11 Å². The molecule has 0 aliphatic rings. The summed E-state index contributed by atoms with van der Waals surface area (Å²) in [5.74, 6) is 0.676. The van der Waals surface area contributed by atoms with E-state index in [-0.39, 0.29) is 6.10 Å². The fraction of sp³-hybridized carbons (Fsp3) is 0.294. The monoisotopic (exact) mass is 306 g/mol. The minimum atomic E-state index is -0.389. The van der Waals surface area contributed by atoms with Crippen molar-refractivity contribution in [1.29, 1.82) is 0 Å². The molecule has 1 unspecified atom stereocenters. The van der Waals surface area contributed by atoms with E-state index in [1.165, 1.54) is 10.5 Å². The summed E-state index contributed by atoms with van der Waals surface area (Å²) in [4.78, 5) is 1.22. The van der Waals surface area contributed by atoms with Crippen molar-refractivity contribution in [1.82, 2.24) is 0 Å². The molecule has 1 nitrogen and oxygen atoms in total. The number of halogens is 1. The fourth-order valence-corrected chi connectivity index (χ4v) is 3.31. The van der Waals surface area contributed by atoms with Crippen LogP contribution in [0.1, 0.15) is 16.7 Å². The topological polar surface area (TPSA) is 20.2 Å². The first-order valence-corrected chi connectivity index (χ1v) is 8.04. The van der Waals surface area contributed by atoms with Crippen LogP contribution < -0.4 is 0 Å². The summed E-state index contributed by atoms with van der Waals surface area (Å²) in [5, 5.41) is 10.9. The highest BCUT2D eigenvalue weighted by atomic mass is 35.5. The van der Waals surface area contributed by atoms with Crippen LogP contribution >= 0.6 is 23.4 Å². The molecule has 1 N–H and O–H groups in total. The second-order valence-electron chi connectivity index (χ2n) is 5.03. The Kier molecular flexibility index (Phi) is 5.53. The van der Waals surface area contributed by atoms with E-state index in [1.54, 1.807) is 11.8 Å². The minimum Gasteiger partial charge on any atom is -0.392 e. The first-order chi connectivity index (χ1) is 9.56. The van der Waals surface area contributed by atoms with Crippen molar-refractivity contribution in [3.8, 4) is 0 Å². The molecule has 2 aromatic rings. The lowest BCUT2D eigenvalue weighted by Crippen LogP contribution is -2.14. The summed E-state index contributed by atoms with van der Waals surface area (Å²) in [5.41, 5.74) is 3.40.